The number of carbonyl (C=O) groups excluding carboxylic acids is 1. The molecule has 1 amide bonds. The number of carbonyl (C=O) groups is 1. The highest BCUT2D eigenvalue weighted by atomic mass is 32.2. The van der Waals surface area contributed by atoms with Crippen LogP contribution in [0.3, 0.4) is 0 Å². The lowest BCUT2D eigenvalue weighted by Crippen LogP contribution is -2.50. The number of amides is 1. The number of likely N-dealkylation sites (tertiary alicyclic amines) is 1. The lowest BCUT2D eigenvalue weighted by Gasteiger charge is -2.38. The van der Waals surface area contributed by atoms with E-state index in [4.69, 9.17) is 0 Å². The Balaban J connectivity index is 2.02. The molecule has 0 N–H and O–H groups in total. The minimum absolute atomic E-state index is 0.149. The first kappa shape index (κ1) is 14.8. The second kappa shape index (κ2) is 5.79. The number of sulfonamides is 1. The average Bonchev–Trinajstić information content (AvgIpc) is 2.38. The quantitative estimate of drug-likeness (QED) is 0.763. The Hall–Kier alpha value is -0.620. The molecule has 0 radical (unpaired) electrons. The minimum Gasteiger partial charge on any atom is -0.340 e. The van der Waals surface area contributed by atoms with E-state index in [1.54, 1.807) is 0 Å². The van der Waals surface area contributed by atoms with Crippen molar-refractivity contribution in [2.45, 2.75) is 45.1 Å². The van der Waals surface area contributed by atoms with Crippen molar-refractivity contribution in [3.63, 3.8) is 0 Å². The summed E-state index contributed by atoms with van der Waals surface area (Å²) < 4.78 is 24.6. The van der Waals surface area contributed by atoms with E-state index in [0.29, 0.717) is 19.1 Å². The molecule has 0 saturated carbocycles. The fraction of sp³-hybridized carbons (Fsp3) is 0.923. The molecule has 2 aliphatic rings. The summed E-state index contributed by atoms with van der Waals surface area (Å²) in [5.41, 5.74) is 0. The molecule has 2 aliphatic heterocycles. The van der Waals surface area contributed by atoms with Gasteiger partial charge in [-0.1, -0.05) is 0 Å². The van der Waals surface area contributed by atoms with E-state index >= 15 is 0 Å². The highest BCUT2D eigenvalue weighted by Gasteiger charge is 2.34. The van der Waals surface area contributed by atoms with Crippen LogP contribution in [-0.4, -0.2) is 55.5 Å². The van der Waals surface area contributed by atoms with Crippen molar-refractivity contribution in [3.05, 3.63) is 0 Å². The summed E-state index contributed by atoms with van der Waals surface area (Å²) in [6.45, 7) is 3.84. The minimum atomic E-state index is -3.17. The molecule has 0 aliphatic carbocycles. The number of rotatable bonds is 2. The van der Waals surface area contributed by atoms with Gasteiger partial charge in [-0.25, -0.2) is 12.7 Å². The number of piperidine rings is 2. The molecule has 6 heteroatoms. The van der Waals surface area contributed by atoms with E-state index in [0.717, 1.165) is 32.2 Å². The first-order chi connectivity index (χ1) is 8.89. The molecule has 2 rings (SSSR count). The first-order valence-electron chi connectivity index (χ1n) is 7.15. The van der Waals surface area contributed by atoms with Crippen molar-refractivity contribution in [2.24, 2.45) is 5.92 Å². The summed E-state index contributed by atoms with van der Waals surface area (Å²) in [6, 6.07) is 0.301. The number of hydrogen-bond acceptors (Lipinski definition) is 3. The SMILES string of the molecule is C[C@@H]1CCCCN1C(=O)[C@H]1CCCN(S(C)(=O)=O)C1. The van der Waals surface area contributed by atoms with E-state index < -0.39 is 10.0 Å². The third-order valence-corrected chi connectivity index (χ3v) is 5.56. The van der Waals surface area contributed by atoms with Gasteiger partial charge in [0.05, 0.1) is 12.2 Å². The van der Waals surface area contributed by atoms with Gasteiger partial charge < -0.3 is 4.90 Å². The summed E-state index contributed by atoms with van der Waals surface area (Å²) >= 11 is 0. The fourth-order valence-corrected chi connectivity index (χ4v) is 4.02. The topological polar surface area (TPSA) is 57.7 Å². The molecule has 19 heavy (non-hydrogen) atoms. The largest absolute Gasteiger partial charge is 0.340 e. The Morgan fingerprint density at radius 1 is 1.11 bits per heavy atom. The highest BCUT2D eigenvalue weighted by molar-refractivity contribution is 7.88. The highest BCUT2D eigenvalue weighted by Crippen LogP contribution is 2.24. The Bertz CT molecular complexity index is 435. The Morgan fingerprint density at radius 3 is 2.47 bits per heavy atom. The van der Waals surface area contributed by atoms with Crippen LogP contribution in [-0.2, 0) is 14.8 Å². The van der Waals surface area contributed by atoms with Crippen LogP contribution in [0, 0.1) is 5.92 Å². The van der Waals surface area contributed by atoms with Crippen molar-refractivity contribution < 1.29 is 13.2 Å². The molecule has 0 bridgehead atoms. The van der Waals surface area contributed by atoms with Gasteiger partial charge in [-0.3, -0.25) is 4.79 Å². The Labute approximate surface area is 116 Å². The van der Waals surface area contributed by atoms with E-state index in [2.05, 4.69) is 6.92 Å². The van der Waals surface area contributed by atoms with Gasteiger partial charge in [0.2, 0.25) is 15.9 Å². The molecule has 0 aromatic heterocycles. The maximum absolute atomic E-state index is 12.5. The summed E-state index contributed by atoms with van der Waals surface area (Å²) in [4.78, 5) is 14.5. The third-order valence-electron chi connectivity index (χ3n) is 4.29. The van der Waals surface area contributed by atoms with Gasteiger partial charge in [0.15, 0.2) is 0 Å². The summed E-state index contributed by atoms with van der Waals surface area (Å²) in [6.07, 6.45) is 6.14. The van der Waals surface area contributed by atoms with Crippen LogP contribution in [0.2, 0.25) is 0 Å². The molecule has 2 fully saturated rings. The average molecular weight is 288 g/mol. The van der Waals surface area contributed by atoms with Crippen molar-refractivity contribution in [2.75, 3.05) is 25.9 Å². The summed E-state index contributed by atoms with van der Waals surface area (Å²) in [7, 11) is -3.17. The normalized spacial score (nSPS) is 30.3. The van der Waals surface area contributed by atoms with E-state index in [1.807, 2.05) is 4.90 Å². The van der Waals surface area contributed by atoms with Gasteiger partial charge in [-0.05, 0) is 39.0 Å². The number of hydrogen-bond donors (Lipinski definition) is 0. The Morgan fingerprint density at radius 2 is 1.84 bits per heavy atom. The molecule has 0 aromatic carbocycles. The fourth-order valence-electron chi connectivity index (χ4n) is 3.11. The van der Waals surface area contributed by atoms with Crippen LogP contribution in [0.15, 0.2) is 0 Å². The van der Waals surface area contributed by atoms with E-state index in [-0.39, 0.29) is 11.8 Å². The van der Waals surface area contributed by atoms with Crippen LogP contribution in [0.4, 0.5) is 0 Å². The smallest absolute Gasteiger partial charge is 0.227 e. The monoisotopic (exact) mass is 288 g/mol. The predicted octanol–water partition coefficient (Wildman–Crippen LogP) is 1.06. The van der Waals surface area contributed by atoms with Crippen LogP contribution < -0.4 is 0 Å². The lowest BCUT2D eigenvalue weighted by atomic mass is 9.95. The zero-order chi connectivity index (χ0) is 14.0. The zero-order valence-electron chi connectivity index (χ0n) is 11.8. The summed E-state index contributed by atoms with van der Waals surface area (Å²) in [5.74, 6) is 0.00424. The molecule has 110 valence electrons. The van der Waals surface area contributed by atoms with Crippen LogP contribution in [0.5, 0.6) is 0 Å². The van der Waals surface area contributed by atoms with Gasteiger partial charge in [-0.2, -0.15) is 0 Å². The molecule has 2 saturated heterocycles. The summed E-state index contributed by atoms with van der Waals surface area (Å²) in [5, 5.41) is 0. The van der Waals surface area contributed by atoms with Crippen LogP contribution in [0.1, 0.15) is 39.0 Å². The second-order valence-electron chi connectivity index (χ2n) is 5.84. The second-order valence-corrected chi connectivity index (χ2v) is 7.82. The van der Waals surface area contributed by atoms with Crippen molar-refractivity contribution >= 4 is 15.9 Å². The van der Waals surface area contributed by atoms with Gasteiger partial charge in [0.25, 0.3) is 0 Å². The maximum Gasteiger partial charge on any atom is 0.227 e. The molecule has 0 unspecified atom stereocenters. The van der Waals surface area contributed by atoms with Gasteiger partial charge in [0.1, 0.15) is 0 Å². The Kier molecular flexibility index (Phi) is 4.50. The maximum atomic E-state index is 12.5. The van der Waals surface area contributed by atoms with Crippen molar-refractivity contribution in [1.82, 2.24) is 9.21 Å². The molecular formula is C13H24N2O3S. The van der Waals surface area contributed by atoms with E-state index in [9.17, 15) is 13.2 Å². The van der Waals surface area contributed by atoms with Crippen LogP contribution >= 0.6 is 0 Å². The standard InChI is InChI=1S/C13H24N2O3S/c1-11-6-3-4-9-15(11)13(16)12-7-5-8-14(10-12)19(2,17)18/h11-12H,3-10H2,1-2H3/t11-,12+/m1/s1. The predicted molar refractivity (Wildman–Crippen MR) is 74.2 cm³/mol. The molecule has 2 heterocycles. The molecule has 0 aromatic rings. The lowest BCUT2D eigenvalue weighted by molar-refractivity contribution is -0.140. The van der Waals surface area contributed by atoms with Crippen LogP contribution in [0.25, 0.3) is 0 Å². The van der Waals surface area contributed by atoms with Crippen molar-refractivity contribution in [1.29, 1.82) is 0 Å². The molecule has 5 nitrogen and oxygen atoms in total. The molecular weight excluding hydrogens is 264 g/mol. The zero-order valence-corrected chi connectivity index (χ0v) is 12.7. The van der Waals surface area contributed by atoms with Crippen molar-refractivity contribution in [3.8, 4) is 0 Å². The molecule has 0 spiro atoms. The number of nitrogens with zero attached hydrogens (tertiary/aromatic N) is 2. The van der Waals surface area contributed by atoms with Gasteiger partial charge in [-0.15, -0.1) is 0 Å². The van der Waals surface area contributed by atoms with Gasteiger partial charge >= 0.3 is 0 Å². The third kappa shape index (κ3) is 3.48. The first-order valence-corrected chi connectivity index (χ1v) is 9.00. The molecule has 2 atom stereocenters. The van der Waals surface area contributed by atoms with Gasteiger partial charge in [0, 0.05) is 25.7 Å². The van der Waals surface area contributed by atoms with E-state index in [1.165, 1.54) is 17.0 Å².